The van der Waals surface area contributed by atoms with Gasteiger partial charge in [0.25, 0.3) is 5.91 Å². The molecule has 21 heavy (non-hydrogen) atoms. The summed E-state index contributed by atoms with van der Waals surface area (Å²) in [6.45, 7) is 1.85. The molecule has 0 aliphatic carbocycles. The second kappa shape index (κ2) is 6.88. The molecule has 112 valence electrons. The molecule has 0 unspecified atom stereocenters. The summed E-state index contributed by atoms with van der Waals surface area (Å²) in [5.74, 6) is -1.40. The van der Waals surface area contributed by atoms with Gasteiger partial charge in [0.15, 0.2) is 0 Å². The molecule has 1 aromatic carbocycles. The van der Waals surface area contributed by atoms with Crippen LogP contribution in [0.1, 0.15) is 40.0 Å². The molecular weight excluding hydrogens is 272 g/mol. The Morgan fingerprint density at radius 2 is 1.81 bits per heavy atom. The van der Waals surface area contributed by atoms with Crippen LogP contribution in [0.25, 0.3) is 0 Å². The molecule has 0 radical (unpaired) electrons. The fourth-order valence-corrected chi connectivity index (χ4v) is 2.30. The predicted molar refractivity (Wildman–Crippen MR) is 76.2 cm³/mol. The number of aromatic carboxylic acids is 1. The minimum atomic E-state index is -1.08. The van der Waals surface area contributed by atoms with Crippen LogP contribution in [0.3, 0.4) is 0 Å². The van der Waals surface area contributed by atoms with Gasteiger partial charge in [-0.2, -0.15) is 0 Å². The van der Waals surface area contributed by atoms with Gasteiger partial charge in [-0.1, -0.05) is 6.07 Å². The van der Waals surface area contributed by atoms with Gasteiger partial charge in [0, 0.05) is 31.6 Å². The fraction of sp³-hybridized carbons (Fsp3) is 0.400. The highest BCUT2D eigenvalue weighted by Gasteiger charge is 2.17. The lowest BCUT2D eigenvalue weighted by Gasteiger charge is -2.15. The third-order valence-corrected chi connectivity index (χ3v) is 3.45. The average Bonchev–Trinajstić information content (AvgIpc) is 3.01. The highest BCUT2D eigenvalue weighted by molar-refractivity contribution is 5.97. The van der Waals surface area contributed by atoms with Gasteiger partial charge >= 0.3 is 5.97 Å². The molecule has 0 spiro atoms. The summed E-state index contributed by atoms with van der Waals surface area (Å²) < 4.78 is 0. The number of nitrogens with one attached hydrogen (secondary N) is 1. The fourth-order valence-electron chi connectivity index (χ4n) is 2.30. The van der Waals surface area contributed by atoms with Crippen LogP contribution in [0.15, 0.2) is 24.3 Å². The molecule has 1 aliphatic heterocycles. The van der Waals surface area contributed by atoms with Gasteiger partial charge in [-0.25, -0.2) is 4.79 Å². The maximum atomic E-state index is 11.9. The van der Waals surface area contributed by atoms with Crippen molar-refractivity contribution in [2.24, 2.45) is 0 Å². The number of hydrogen-bond donors (Lipinski definition) is 2. The largest absolute Gasteiger partial charge is 0.478 e. The summed E-state index contributed by atoms with van der Waals surface area (Å²) in [6, 6.07) is 5.81. The van der Waals surface area contributed by atoms with E-state index in [-0.39, 0.29) is 35.9 Å². The van der Waals surface area contributed by atoms with E-state index in [9.17, 15) is 14.4 Å². The molecule has 2 rings (SSSR count). The molecule has 0 aromatic heterocycles. The number of carboxylic acid groups (broad SMARTS) is 1. The summed E-state index contributed by atoms with van der Waals surface area (Å²) in [7, 11) is 0. The summed E-state index contributed by atoms with van der Waals surface area (Å²) in [5, 5.41) is 11.5. The lowest BCUT2D eigenvalue weighted by atomic mass is 10.1. The molecule has 0 bridgehead atoms. The van der Waals surface area contributed by atoms with E-state index >= 15 is 0 Å². The topological polar surface area (TPSA) is 86.7 Å². The van der Waals surface area contributed by atoms with Crippen LogP contribution in [-0.2, 0) is 4.79 Å². The number of rotatable bonds is 5. The Kier molecular flexibility index (Phi) is 4.92. The standard InChI is InChI=1S/C15H18N2O4/c18-13(17-8-1-2-9-17)6-7-16-14(19)11-4-3-5-12(10-11)15(20)21/h3-5,10H,1-2,6-9H2,(H,16,19)(H,20,21). The number of amides is 2. The second-order valence-electron chi connectivity index (χ2n) is 4.98. The van der Waals surface area contributed by atoms with Crippen LogP contribution in [0.4, 0.5) is 0 Å². The maximum Gasteiger partial charge on any atom is 0.335 e. The first-order valence-corrected chi connectivity index (χ1v) is 6.97. The van der Waals surface area contributed by atoms with E-state index in [2.05, 4.69) is 5.32 Å². The van der Waals surface area contributed by atoms with E-state index in [0.717, 1.165) is 25.9 Å². The van der Waals surface area contributed by atoms with Gasteiger partial charge in [-0.05, 0) is 31.0 Å². The number of benzene rings is 1. The van der Waals surface area contributed by atoms with Crippen molar-refractivity contribution in [2.45, 2.75) is 19.3 Å². The molecule has 6 nitrogen and oxygen atoms in total. The molecule has 1 aromatic rings. The third-order valence-electron chi connectivity index (χ3n) is 3.45. The molecular formula is C15H18N2O4. The van der Waals surface area contributed by atoms with E-state index in [0.29, 0.717) is 0 Å². The van der Waals surface area contributed by atoms with Gasteiger partial charge < -0.3 is 15.3 Å². The van der Waals surface area contributed by atoms with E-state index in [1.54, 1.807) is 11.0 Å². The molecule has 1 heterocycles. The predicted octanol–water partition coefficient (Wildman–Crippen LogP) is 1.13. The summed E-state index contributed by atoms with van der Waals surface area (Å²) in [4.78, 5) is 36.3. The molecule has 1 aliphatic rings. The van der Waals surface area contributed by atoms with Crippen molar-refractivity contribution < 1.29 is 19.5 Å². The van der Waals surface area contributed by atoms with Crippen LogP contribution < -0.4 is 5.32 Å². The smallest absolute Gasteiger partial charge is 0.335 e. The van der Waals surface area contributed by atoms with Crippen molar-refractivity contribution in [3.8, 4) is 0 Å². The van der Waals surface area contributed by atoms with Gasteiger partial charge in [0.1, 0.15) is 0 Å². The van der Waals surface area contributed by atoms with Gasteiger partial charge in [-0.3, -0.25) is 9.59 Å². The third kappa shape index (κ3) is 4.05. The van der Waals surface area contributed by atoms with Crippen molar-refractivity contribution in [1.29, 1.82) is 0 Å². The van der Waals surface area contributed by atoms with Crippen LogP contribution in [0.5, 0.6) is 0 Å². The zero-order valence-electron chi connectivity index (χ0n) is 11.7. The Labute approximate surface area is 122 Å². The highest BCUT2D eigenvalue weighted by Crippen LogP contribution is 2.09. The molecule has 0 saturated carbocycles. The zero-order valence-corrected chi connectivity index (χ0v) is 11.7. The van der Waals surface area contributed by atoms with E-state index in [4.69, 9.17) is 5.11 Å². The minimum absolute atomic E-state index is 0.0482. The number of carbonyl (C=O) groups excluding carboxylic acids is 2. The second-order valence-corrected chi connectivity index (χ2v) is 4.98. The Hall–Kier alpha value is -2.37. The lowest BCUT2D eigenvalue weighted by Crippen LogP contribution is -2.32. The van der Waals surface area contributed by atoms with E-state index in [1.165, 1.54) is 18.2 Å². The van der Waals surface area contributed by atoms with Crippen LogP contribution in [0, 0.1) is 0 Å². The van der Waals surface area contributed by atoms with E-state index in [1.807, 2.05) is 0 Å². The minimum Gasteiger partial charge on any atom is -0.478 e. The highest BCUT2D eigenvalue weighted by atomic mass is 16.4. The van der Waals surface area contributed by atoms with Crippen molar-refractivity contribution in [3.05, 3.63) is 35.4 Å². The average molecular weight is 290 g/mol. The SMILES string of the molecule is O=C(O)c1cccc(C(=O)NCCC(=O)N2CCCC2)c1. The first kappa shape index (κ1) is 15.0. The quantitative estimate of drug-likeness (QED) is 0.851. The van der Waals surface area contributed by atoms with Crippen molar-refractivity contribution in [1.82, 2.24) is 10.2 Å². The van der Waals surface area contributed by atoms with Crippen LogP contribution >= 0.6 is 0 Å². The van der Waals surface area contributed by atoms with Crippen LogP contribution in [0.2, 0.25) is 0 Å². The number of carboxylic acids is 1. The summed E-state index contributed by atoms with van der Waals surface area (Å²) in [6.07, 6.45) is 2.35. The van der Waals surface area contributed by atoms with Crippen LogP contribution in [-0.4, -0.2) is 47.4 Å². The van der Waals surface area contributed by atoms with Gasteiger partial charge in [-0.15, -0.1) is 0 Å². The Morgan fingerprint density at radius 3 is 2.48 bits per heavy atom. The Morgan fingerprint density at radius 1 is 1.14 bits per heavy atom. The zero-order chi connectivity index (χ0) is 15.2. The normalized spacial score (nSPS) is 14.0. The number of nitrogens with zero attached hydrogens (tertiary/aromatic N) is 1. The monoisotopic (exact) mass is 290 g/mol. The summed E-state index contributed by atoms with van der Waals surface area (Å²) >= 11 is 0. The first-order chi connectivity index (χ1) is 10.1. The number of carbonyl (C=O) groups is 3. The molecule has 0 atom stereocenters. The van der Waals surface area contributed by atoms with Crippen molar-refractivity contribution in [2.75, 3.05) is 19.6 Å². The molecule has 1 fully saturated rings. The van der Waals surface area contributed by atoms with Crippen molar-refractivity contribution in [3.63, 3.8) is 0 Å². The van der Waals surface area contributed by atoms with Gasteiger partial charge in [0.05, 0.1) is 5.56 Å². The first-order valence-electron chi connectivity index (χ1n) is 6.97. The number of hydrogen-bond acceptors (Lipinski definition) is 3. The van der Waals surface area contributed by atoms with E-state index < -0.39 is 5.97 Å². The lowest BCUT2D eigenvalue weighted by molar-refractivity contribution is -0.129. The molecule has 6 heteroatoms. The Bertz CT molecular complexity index is 550. The molecule has 2 amide bonds. The number of likely N-dealkylation sites (tertiary alicyclic amines) is 1. The Balaban J connectivity index is 1.82. The maximum absolute atomic E-state index is 11.9. The summed E-state index contributed by atoms with van der Waals surface area (Å²) in [5.41, 5.74) is 0.347. The molecule has 1 saturated heterocycles. The van der Waals surface area contributed by atoms with Crippen molar-refractivity contribution >= 4 is 17.8 Å². The van der Waals surface area contributed by atoms with Gasteiger partial charge in [0.2, 0.25) is 5.91 Å². The molecule has 2 N–H and O–H groups in total.